The Kier molecular flexibility index (Phi) is 3.75. The maximum atomic E-state index is 11.2. The average Bonchev–Trinajstić information content (AvgIpc) is 2.91. The largest absolute Gasteiger partial charge is 0.373 e. The van der Waals surface area contributed by atoms with Crippen molar-refractivity contribution < 1.29 is 9.66 Å². The molecule has 1 unspecified atom stereocenters. The first-order chi connectivity index (χ1) is 8.97. The molecule has 1 saturated heterocycles. The lowest BCUT2D eigenvalue weighted by Crippen LogP contribution is -2.33. The third-order valence-electron chi connectivity index (χ3n) is 3.54. The summed E-state index contributed by atoms with van der Waals surface area (Å²) < 4.78 is 7.21. The molecular formula is C12H20N4O3. The van der Waals surface area contributed by atoms with E-state index in [1.54, 1.807) is 7.05 Å². The van der Waals surface area contributed by atoms with Crippen molar-refractivity contribution in [3.05, 3.63) is 15.8 Å². The van der Waals surface area contributed by atoms with Crippen LogP contribution < -0.4 is 5.32 Å². The molecule has 1 N–H and O–H groups in total. The zero-order valence-corrected chi connectivity index (χ0v) is 11.6. The summed E-state index contributed by atoms with van der Waals surface area (Å²) in [5.41, 5.74) is 0.337. The minimum atomic E-state index is -0.369. The Bertz CT molecular complexity index is 478. The van der Waals surface area contributed by atoms with Crippen LogP contribution in [0.15, 0.2) is 0 Å². The first-order valence-corrected chi connectivity index (χ1v) is 6.55. The topological polar surface area (TPSA) is 82.2 Å². The number of nitrogens with one attached hydrogen (secondary N) is 1. The number of anilines is 1. The monoisotopic (exact) mass is 268 g/mol. The van der Waals surface area contributed by atoms with Crippen LogP contribution in [0, 0.1) is 10.1 Å². The van der Waals surface area contributed by atoms with Crippen LogP contribution in [0.5, 0.6) is 0 Å². The van der Waals surface area contributed by atoms with Crippen molar-refractivity contribution in [2.75, 3.05) is 18.5 Å². The van der Waals surface area contributed by atoms with E-state index in [1.807, 2.05) is 13.8 Å². The number of aryl methyl sites for hydroxylation is 2. The SMILES string of the molecule is CCc1nn(C)c(NCC2(C)CCCO2)c1[N+](=O)[O-]. The highest BCUT2D eigenvalue weighted by molar-refractivity contribution is 5.60. The molecule has 1 fully saturated rings. The second-order valence-electron chi connectivity index (χ2n) is 5.13. The minimum absolute atomic E-state index is 0.0756. The van der Waals surface area contributed by atoms with Crippen LogP contribution in [-0.2, 0) is 18.2 Å². The van der Waals surface area contributed by atoms with Crippen LogP contribution in [0.3, 0.4) is 0 Å². The predicted octanol–water partition coefficient (Wildman–Crippen LogP) is 1.87. The van der Waals surface area contributed by atoms with E-state index in [0.29, 0.717) is 24.5 Å². The zero-order valence-electron chi connectivity index (χ0n) is 11.6. The van der Waals surface area contributed by atoms with Crippen molar-refractivity contribution in [2.45, 2.75) is 38.7 Å². The normalized spacial score (nSPS) is 22.7. The minimum Gasteiger partial charge on any atom is -0.373 e. The van der Waals surface area contributed by atoms with Gasteiger partial charge in [0, 0.05) is 20.2 Å². The van der Waals surface area contributed by atoms with Crippen LogP contribution in [0.25, 0.3) is 0 Å². The van der Waals surface area contributed by atoms with Crippen LogP contribution >= 0.6 is 0 Å². The van der Waals surface area contributed by atoms with Crippen LogP contribution in [-0.4, -0.2) is 33.5 Å². The number of aromatic nitrogens is 2. The standard InChI is InChI=1S/C12H20N4O3/c1-4-9-10(16(17)18)11(15(3)14-9)13-8-12(2)6-5-7-19-12/h13H,4-8H2,1-3H3. The fraction of sp³-hybridized carbons (Fsp3) is 0.750. The second-order valence-corrected chi connectivity index (χ2v) is 5.13. The molecule has 0 saturated carbocycles. The molecular weight excluding hydrogens is 248 g/mol. The first-order valence-electron chi connectivity index (χ1n) is 6.55. The molecule has 0 radical (unpaired) electrons. The van der Waals surface area contributed by atoms with Gasteiger partial charge < -0.3 is 10.1 Å². The number of hydrogen-bond donors (Lipinski definition) is 1. The molecule has 106 valence electrons. The molecule has 2 rings (SSSR count). The number of nitrogens with zero attached hydrogens (tertiary/aromatic N) is 3. The van der Waals surface area contributed by atoms with E-state index in [9.17, 15) is 10.1 Å². The van der Waals surface area contributed by atoms with E-state index >= 15 is 0 Å². The smallest absolute Gasteiger partial charge is 0.333 e. The maximum absolute atomic E-state index is 11.2. The molecule has 2 heterocycles. The highest BCUT2D eigenvalue weighted by Gasteiger charge is 2.32. The van der Waals surface area contributed by atoms with Gasteiger partial charge in [0.25, 0.3) is 0 Å². The summed E-state index contributed by atoms with van der Waals surface area (Å²) in [5, 5.41) is 18.5. The Hall–Kier alpha value is -1.63. The van der Waals surface area contributed by atoms with Gasteiger partial charge >= 0.3 is 5.69 Å². The van der Waals surface area contributed by atoms with E-state index < -0.39 is 0 Å². The quantitative estimate of drug-likeness (QED) is 0.651. The van der Waals surface area contributed by atoms with Gasteiger partial charge in [-0.05, 0) is 26.2 Å². The van der Waals surface area contributed by atoms with Gasteiger partial charge in [0.15, 0.2) is 0 Å². The van der Waals surface area contributed by atoms with Crippen LogP contribution in [0.1, 0.15) is 32.4 Å². The number of nitro groups is 1. The number of ether oxygens (including phenoxy) is 1. The van der Waals surface area contributed by atoms with Crippen molar-refractivity contribution in [2.24, 2.45) is 7.05 Å². The van der Waals surface area contributed by atoms with E-state index in [2.05, 4.69) is 10.4 Å². The molecule has 1 aliphatic heterocycles. The fourth-order valence-corrected chi connectivity index (χ4v) is 2.44. The zero-order chi connectivity index (χ0) is 14.0. The third-order valence-corrected chi connectivity index (χ3v) is 3.54. The van der Waals surface area contributed by atoms with E-state index in [-0.39, 0.29) is 16.2 Å². The molecule has 19 heavy (non-hydrogen) atoms. The summed E-state index contributed by atoms with van der Waals surface area (Å²) >= 11 is 0. The fourth-order valence-electron chi connectivity index (χ4n) is 2.44. The highest BCUT2D eigenvalue weighted by Crippen LogP contribution is 2.31. The van der Waals surface area contributed by atoms with Crippen LogP contribution in [0.2, 0.25) is 0 Å². The molecule has 0 aliphatic carbocycles. The van der Waals surface area contributed by atoms with Gasteiger partial charge in [-0.2, -0.15) is 5.10 Å². The second kappa shape index (κ2) is 5.16. The Balaban J connectivity index is 2.19. The molecule has 0 bridgehead atoms. The van der Waals surface area contributed by atoms with E-state index in [1.165, 1.54) is 4.68 Å². The van der Waals surface area contributed by atoms with Crippen molar-refractivity contribution in [1.82, 2.24) is 9.78 Å². The molecule has 0 spiro atoms. The lowest BCUT2D eigenvalue weighted by Gasteiger charge is -2.23. The Morgan fingerprint density at radius 2 is 2.37 bits per heavy atom. The predicted molar refractivity (Wildman–Crippen MR) is 71.3 cm³/mol. The van der Waals surface area contributed by atoms with Gasteiger partial charge in [0.05, 0.1) is 10.5 Å². The lowest BCUT2D eigenvalue weighted by molar-refractivity contribution is -0.384. The molecule has 7 nitrogen and oxygen atoms in total. The van der Waals surface area contributed by atoms with Crippen molar-refractivity contribution >= 4 is 11.5 Å². The number of rotatable bonds is 5. The third kappa shape index (κ3) is 2.70. The molecule has 0 amide bonds. The highest BCUT2D eigenvalue weighted by atomic mass is 16.6. The molecule has 0 aromatic carbocycles. The average molecular weight is 268 g/mol. The van der Waals surface area contributed by atoms with Gasteiger partial charge in [-0.15, -0.1) is 0 Å². The molecule has 1 atom stereocenters. The molecule has 7 heteroatoms. The lowest BCUT2D eigenvalue weighted by atomic mass is 10.0. The van der Waals surface area contributed by atoms with Gasteiger partial charge in [-0.25, -0.2) is 4.68 Å². The first kappa shape index (κ1) is 13.8. The number of hydrogen-bond acceptors (Lipinski definition) is 5. The van der Waals surface area contributed by atoms with E-state index in [0.717, 1.165) is 19.4 Å². The summed E-state index contributed by atoms with van der Waals surface area (Å²) in [4.78, 5) is 10.8. The van der Waals surface area contributed by atoms with Crippen molar-refractivity contribution in [3.8, 4) is 0 Å². The van der Waals surface area contributed by atoms with Gasteiger partial charge in [0.1, 0.15) is 5.69 Å². The summed E-state index contributed by atoms with van der Waals surface area (Å²) in [5.74, 6) is 0.457. The summed E-state index contributed by atoms with van der Waals surface area (Å²) in [6.07, 6.45) is 2.54. The van der Waals surface area contributed by atoms with Crippen LogP contribution in [0.4, 0.5) is 11.5 Å². The maximum Gasteiger partial charge on any atom is 0.333 e. The molecule has 1 aromatic heterocycles. The molecule has 1 aromatic rings. The Labute approximate surface area is 112 Å². The Morgan fingerprint density at radius 1 is 1.63 bits per heavy atom. The summed E-state index contributed by atoms with van der Waals surface area (Å²) in [6.45, 7) is 5.19. The Morgan fingerprint density at radius 3 is 2.89 bits per heavy atom. The van der Waals surface area contributed by atoms with Crippen molar-refractivity contribution in [3.63, 3.8) is 0 Å². The van der Waals surface area contributed by atoms with Crippen molar-refractivity contribution in [1.29, 1.82) is 0 Å². The summed E-state index contributed by atoms with van der Waals surface area (Å²) in [6, 6.07) is 0. The van der Waals surface area contributed by atoms with Gasteiger partial charge in [-0.3, -0.25) is 10.1 Å². The van der Waals surface area contributed by atoms with E-state index in [4.69, 9.17) is 4.74 Å². The molecule has 1 aliphatic rings. The van der Waals surface area contributed by atoms with Gasteiger partial charge in [-0.1, -0.05) is 6.92 Å². The van der Waals surface area contributed by atoms with Gasteiger partial charge in [0.2, 0.25) is 5.82 Å². The summed E-state index contributed by atoms with van der Waals surface area (Å²) in [7, 11) is 1.71.